The highest BCUT2D eigenvalue weighted by atomic mass is 16.4. The van der Waals surface area contributed by atoms with Crippen molar-refractivity contribution >= 4 is 5.97 Å². The van der Waals surface area contributed by atoms with Gasteiger partial charge in [-0.05, 0) is 25.0 Å². The van der Waals surface area contributed by atoms with Crippen LogP contribution in [0.25, 0.3) is 0 Å². The van der Waals surface area contributed by atoms with Gasteiger partial charge in [-0.15, -0.1) is 0 Å². The van der Waals surface area contributed by atoms with Crippen LogP contribution in [-0.4, -0.2) is 25.4 Å². The molecule has 0 aliphatic heterocycles. The van der Waals surface area contributed by atoms with E-state index in [9.17, 15) is 9.59 Å². The van der Waals surface area contributed by atoms with E-state index < -0.39 is 5.97 Å². The number of pyridine rings is 1. The van der Waals surface area contributed by atoms with Crippen molar-refractivity contribution in [2.45, 2.75) is 38.3 Å². The number of hydrogen-bond donors (Lipinski definition) is 1. The van der Waals surface area contributed by atoms with Gasteiger partial charge in [-0.25, -0.2) is 4.79 Å². The standard InChI is InChI=1S/C15H17N3O3/c19-14-6-5-11(15(20)21)9-17(14)10-12-7-8-18(16-12)13-3-1-2-4-13/h5-9,13H,1-4,10H2,(H,20,21). The Morgan fingerprint density at radius 1 is 1.29 bits per heavy atom. The van der Waals surface area contributed by atoms with Crippen molar-refractivity contribution in [3.63, 3.8) is 0 Å². The minimum atomic E-state index is -1.04. The summed E-state index contributed by atoms with van der Waals surface area (Å²) in [6, 6.07) is 4.94. The van der Waals surface area contributed by atoms with Crippen LogP contribution in [0.3, 0.4) is 0 Å². The molecule has 2 aromatic heterocycles. The molecule has 0 unspecified atom stereocenters. The molecular weight excluding hydrogens is 270 g/mol. The molecule has 0 spiro atoms. The zero-order chi connectivity index (χ0) is 14.8. The van der Waals surface area contributed by atoms with E-state index >= 15 is 0 Å². The molecule has 1 aliphatic carbocycles. The second kappa shape index (κ2) is 5.55. The summed E-state index contributed by atoms with van der Waals surface area (Å²) in [4.78, 5) is 22.8. The fourth-order valence-electron chi connectivity index (χ4n) is 2.79. The van der Waals surface area contributed by atoms with E-state index in [1.165, 1.54) is 35.7 Å². The van der Waals surface area contributed by atoms with Crippen LogP contribution < -0.4 is 5.56 Å². The minimum Gasteiger partial charge on any atom is -0.478 e. The lowest BCUT2D eigenvalue weighted by Crippen LogP contribution is -2.21. The van der Waals surface area contributed by atoms with Crippen LogP contribution in [-0.2, 0) is 6.54 Å². The smallest absolute Gasteiger partial charge is 0.337 e. The lowest BCUT2D eigenvalue weighted by atomic mass is 10.3. The highest BCUT2D eigenvalue weighted by Crippen LogP contribution is 2.28. The summed E-state index contributed by atoms with van der Waals surface area (Å²) in [5, 5.41) is 13.5. The predicted molar refractivity (Wildman–Crippen MR) is 76.5 cm³/mol. The normalized spacial score (nSPS) is 15.4. The van der Waals surface area contributed by atoms with Crippen LogP contribution in [0, 0.1) is 0 Å². The average Bonchev–Trinajstić information content (AvgIpc) is 3.11. The summed E-state index contributed by atoms with van der Waals surface area (Å²) in [6.45, 7) is 0.291. The Labute approximate surface area is 121 Å². The van der Waals surface area contributed by atoms with Crippen LogP contribution in [0.2, 0.25) is 0 Å². The molecule has 6 heteroatoms. The molecule has 1 aliphatic rings. The first-order valence-electron chi connectivity index (χ1n) is 7.11. The fraction of sp³-hybridized carbons (Fsp3) is 0.400. The largest absolute Gasteiger partial charge is 0.478 e. The zero-order valence-electron chi connectivity index (χ0n) is 11.6. The maximum atomic E-state index is 11.8. The number of aromatic nitrogens is 3. The Bertz CT molecular complexity index is 711. The summed E-state index contributed by atoms with van der Waals surface area (Å²) >= 11 is 0. The van der Waals surface area contributed by atoms with E-state index in [2.05, 4.69) is 5.10 Å². The van der Waals surface area contributed by atoms with Crippen molar-refractivity contribution in [1.29, 1.82) is 0 Å². The van der Waals surface area contributed by atoms with Crippen molar-refractivity contribution in [1.82, 2.24) is 14.3 Å². The maximum absolute atomic E-state index is 11.8. The van der Waals surface area contributed by atoms with E-state index in [4.69, 9.17) is 5.11 Å². The van der Waals surface area contributed by atoms with Gasteiger partial charge in [0, 0.05) is 18.5 Å². The molecule has 21 heavy (non-hydrogen) atoms. The van der Waals surface area contributed by atoms with Crippen molar-refractivity contribution in [3.8, 4) is 0 Å². The van der Waals surface area contributed by atoms with E-state index in [0.29, 0.717) is 12.6 Å². The second-order valence-corrected chi connectivity index (χ2v) is 5.41. The van der Waals surface area contributed by atoms with Gasteiger partial charge in [0.05, 0.1) is 23.8 Å². The number of hydrogen-bond acceptors (Lipinski definition) is 3. The van der Waals surface area contributed by atoms with Gasteiger partial charge >= 0.3 is 5.97 Å². The number of nitrogens with zero attached hydrogens (tertiary/aromatic N) is 3. The van der Waals surface area contributed by atoms with Gasteiger partial charge in [0.15, 0.2) is 0 Å². The molecule has 0 saturated heterocycles. The van der Waals surface area contributed by atoms with Gasteiger partial charge in [0.1, 0.15) is 0 Å². The quantitative estimate of drug-likeness (QED) is 0.931. The van der Waals surface area contributed by atoms with Crippen molar-refractivity contribution in [2.24, 2.45) is 0 Å². The van der Waals surface area contributed by atoms with Crippen LogP contribution >= 0.6 is 0 Å². The molecule has 0 aromatic carbocycles. The Balaban J connectivity index is 1.81. The van der Waals surface area contributed by atoms with E-state index in [1.807, 2.05) is 16.9 Å². The molecule has 110 valence electrons. The Morgan fingerprint density at radius 3 is 2.76 bits per heavy atom. The van der Waals surface area contributed by atoms with Gasteiger partial charge in [-0.2, -0.15) is 5.10 Å². The molecule has 0 radical (unpaired) electrons. The lowest BCUT2D eigenvalue weighted by Gasteiger charge is -2.09. The monoisotopic (exact) mass is 287 g/mol. The van der Waals surface area contributed by atoms with Crippen LogP contribution in [0.5, 0.6) is 0 Å². The SMILES string of the molecule is O=C(O)c1ccc(=O)n(Cc2ccn(C3CCCC3)n2)c1. The molecule has 2 heterocycles. The third-order valence-corrected chi connectivity index (χ3v) is 3.93. The highest BCUT2D eigenvalue weighted by Gasteiger charge is 2.17. The lowest BCUT2D eigenvalue weighted by molar-refractivity contribution is 0.0696. The Morgan fingerprint density at radius 2 is 2.05 bits per heavy atom. The number of rotatable bonds is 4. The second-order valence-electron chi connectivity index (χ2n) is 5.41. The van der Waals surface area contributed by atoms with Crippen molar-refractivity contribution in [3.05, 3.63) is 52.2 Å². The minimum absolute atomic E-state index is 0.102. The molecule has 1 saturated carbocycles. The first kappa shape index (κ1) is 13.6. The molecule has 0 amide bonds. The molecule has 0 bridgehead atoms. The number of aromatic carboxylic acids is 1. The van der Waals surface area contributed by atoms with Gasteiger partial charge in [-0.3, -0.25) is 9.48 Å². The van der Waals surface area contributed by atoms with Gasteiger partial charge in [0.2, 0.25) is 0 Å². The molecule has 1 N–H and O–H groups in total. The number of carboxylic acids is 1. The number of carbonyl (C=O) groups is 1. The van der Waals surface area contributed by atoms with Crippen LogP contribution in [0.15, 0.2) is 35.4 Å². The maximum Gasteiger partial charge on any atom is 0.337 e. The molecule has 3 rings (SSSR count). The van der Waals surface area contributed by atoms with Crippen molar-refractivity contribution < 1.29 is 9.90 Å². The van der Waals surface area contributed by atoms with E-state index in [-0.39, 0.29) is 11.1 Å². The van der Waals surface area contributed by atoms with Gasteiger partial charge in [0.25, 0.3) is 5.56 Å². The summed E-state index contributed by atoms with van der Waals surface area (Å²) < 4.78 is 3.35. The molecule has 6 nitrogen and oxygen atoms in total. The summed E-state index contributed by atoms with van der Waals surface area (Å²) in [5.74, 6) is -1.04. The van der Waals surface area contributed by atoms with Gasteiger partial charge in [-0.1, -0.05) is 12.8 Å². The summed E-state index contributed by atoms with van der Waals surface area (Å²) in [7, 11) is 0. The molecular formula is C15H17N3O3. The average molecular weight is 287 g/mol. The topological polar surface area (TPSA) is 77.1 Å². The van der Waals surface area contributed by atoms with Crippen LogP contribution in [0.1, 0.15) is 47.8 Å². The fourth-order valence-corrected chi connectivity index (χ4v) is 2.79. The van der Waals surface area contributed by atoms with E-state index in [0.717, 1.165) is 18.5 Å². The molecule has 1 fully saturated rings. The Kier molecular flexibility index (Phi) is 3.60. The molecule has 2 aromatic rings. The first-order chi connectivity index (χ1) is 10.1. The zero-order valence-corrected chi connectivity index (χ0v) is 11.6. The predicted octanol–water partition coefficient (Wildman–Crippen LogP) is 1.91. The summed E-state index contributed by atoms with van der Waals surface area (Å²) in [6.07, 6.45) is 8.07. The summed E-state index contributed by atoms with van der Waals surface area (Å²) in [5.41, 5.74) is 0.645. The highest BCUT2D eigenvalue weighted by molar-refractivity contribution is 5.87. The Hall–Kier alpha value is -2.37. The number of carboxylic acid groups (broad SMARTS) is 1. The third-order valence-electron chi connectivity index (χ3n) is 3.93. The first-order valence-corrected chi connectivity index (χ1v) is 7.11. The molecule has 0 atom stereocenters. The van der Waals surface area contributed by atoms with Crippen LogP contribution in [0.4, 0.5) is 0 Å². The van der Waals surface area contributed by atoms with E-state index in [1.54, 1.807) is 0 Å². The van der Waals surface area contributed by atoms with Crippen molar-refractivity contribution in [2.75, 3.05) is 0 Å². The van der Waals surface area contributed by atoms with Gasteiger partial charge < -0.3 is 9.67 Å². The third kappa shape index (κ3) is 2.89.